The predicted molar refractivity (Wildman–Crippen MR) is 86.4 cm³/mol. The van der Waals surface area contributed by atoms with Crippen LogP contribution >= 0.6 is 0 Å². The molecule has 2 heterocycles. The molecule has 2 heteroatoms. The number of nitrogens with zero attached hydrogens (tertiary/aromatic N) is 1. The second kappa shape index (κ2) is 4.45. The standard InChI is InChI=1S/C19H15NO/c1-12-7-8-14(13(2)11-12)18-19-16(9-10-21-19)15-5-3-4-6-17(15)20-18/h3-11H,1-2H3. The van der Waals surface area contributed by atoms with Crippen LogP contribution in [0.5, 0.6) is 0 Å². The minimum atomic E-state index is 0.862. The van der Waals surface area contributed by atoms with Crippen LogP contribution in [0, 0.1) is 13.8 Å². The van der Waals surface area contributed by atoms with Crippen LogP contribution in [0.25, 0.3) is 33.1 Å². The van der Waals surface area contributed by atoms with Gasteiger partial charge in [0.25, 0.3) is 0 Å². The summed E-state index contributed by atoms with van der Waals surface area (Å²) in [7, 11) is 0. The highest BCUT2D eigenvalue weighted by molar-refractivity contribution is 6.08. The van der Waals surface area contributed by atoms with Crippen molar-refractivity contribution in [2.24, 2.45) is 0 Å². The Hall–Kier alpha value is -2.61. The van der Waals surface area contributed by atoms with Gasteiger partial charge in [-0.05, 0) is 31.5 Å². The molecule has 0 amide bonds. The minimum absolute atomic E-state index is 0.862. The van der Waals surface area contributed by atoms with Crippen molar-refractivity contribution >= 4 is 21.9 Å². The Morgan fingerprint density at radius 1 is 0.905 bits per heavy atom. The maximum Gasteiger partial charge on any atom is 0.160 e. The predicted octanol–water partition coefficient (Wildman–Crippen LogP) is 5.26. The first-order chi connectivity index (χ1) is 10.2. The Morgan fingerprint density at radius 3 is 2.62 bits per heavy atom. The van der Waals surface area contributed by atoms with Gasteiger partial charge in [0.1, 0.15) is 5.69 Å². The SMILES string of the molecule is Cc1ccc(-c2nc3ccccc3c3ccoc23)c(C)c1. The summed E-state index contributed by atoms with van der Waals surface area (Å²) in [6.07, 6.45) is 1.74. The molecule has 2 aromatic heterocycles. The number of fused-ring (bicyclic) bond motifs is 3. The maximum atomic E-state index is 5.73. The molecule has 0 spiro atoms. The highest BCUT2D eigenvalue weighted by atomic mass is 16.3. The Labute approximate surface area is 123 Å². The zero-order valence-electron chi connectivity index (χ0n) is 12.1. The third kappa shape index (κ3) is 1.83. The van der Waals surface area contributed by atoms with E-state index in [0.29, 0.717) is 0 Å². The van der Waals surface area contributed by atoms with E-state index < -0.39 is 0 Å². The summed E-state index contributed by atoms with van der Waals surface area (Å²) in [5, 5.41) is 2.25. The second-order valence-corrected chi connectivity index (χ2v) is 5.46. The molecule has 2 nitrogen and oxygen atoms in total. The van der Waals surface area contributed by atoms with Crippen molar-refractivity contribution in [1.82, 2.24) is 4.98 Å². The van der Waals surface area contributed by atoms with Crippen molar-refractivity contribution in [2.75, 3.05) is 0 Å². The molecule has 0 aliphatic rings. The van der Waals surface area contributed by atoms with Crippen LogP contribution in [-0.2, 0) is 0 Å². The summed E-state index contributed by atoms with van der Waals surface area (Å²) < 4.78 is 5.73. The van der Waals surface area contributed by atoms with Gasteiger partial charge in [-0.2, -0.15) is 0 Å². The molecule has 2 aromatic carbocycles. The number of para-hydroxylation sites is 1. The van der Waals surface area contributed by atoms with E-state index in [9.17, 15) is 0 Å². The molecule has 0 aliphatic carbocycles. The molecule has 0 atom stereocenters. The molecule has 0 N–H and O–H groups in total. The molecule has 21 heavy (non-hydrogen) atoms. The Bertz CT molecular complexity index is 966. The summed E-state index contributed by atoms with van der Waals surface area (Å²) in [6.45, 7) is 4.22. The Balaban J connectivity index is 2.13. The number of hydrogen-bond donors (Lipinski definition) is 0. The van der Waals surface area contributed by atoms with E-state index in [0.717, 1.165) is 33.1 Å². The van der Waals surface area contributed by atoms with E-state index in [-0.39, 0.29) is 0 Å². The van der Waals surface area contributed by atoms with Gasteiger partial charge < -0.3 is 4.42 Å². The largest absolute Gasteiger partial charge is 0.462 e. The molecule has 0 bridgehead atoms. The van der Waals surface area contributed by atoms with Crippen molar-refractivity contribution in [2.45, 2.75) is 13.8 Å². The molecule has 4 rings (SSSR count). The zero-order chi connectivity index (χ0) is 14.4. The molecule has 0 saturated carbocycles. The van der Waals surface area contributed by atoms with Crippen LogP contribution in [0.4, 0.5) is 0 Å². The second-order valence-electron chi connectivity index (χ2n) is 5.46. The lowest BCUT2D eigenvalue weighted by Crippen LogP contribution is -1.90. The number of aromatic nitrogens is 1. The summed E-state index contributed by atoms with van der Waals surface area (Å²) in [6, 6.07) is 16.6. The number of rotatable bonds is 1. The maximum absolute atomic E-state index is 5.73. The van der Waals surface area contributed by atoms with Gasteiger partial charge in [-0.1, -0.05) is 42.0 Å². The van der Waals surface area contributed by atoms with Gasteiger partial charge in [-0.25, -0.2) is 4.98 Å². The molecule has 0 unspecified atom stereocenters. The van der Waals surface area contributed by atoms with Crippen molar-refractivity contribution in [3.8, 4) is 11.3 Å². The summed E-state index contributed by atoms with van der Waals surface area (Å²) in [5.41, 5.74) is 6.39. The fourth-order valence-corrected chi connectivity index (χ4v) is 2.94. The summed E-state index contributed by atoms with van der Waals surface area (Å²) in [5.74, 6) is 0. The molecule has 0 aliphatic heterocycles. The summed E-state index contributed by atoms with van der Waals surface area (Å²) >= 11 is 0. The normalized spacial score (nSPS) is 11.3. The highest BCUT2D eigenvalue weighted by Gasteiger charge is 2.14. The molecular formula is C19H15NO. The third-order valence-corrected chi connectivity index (χ3v) is 3.94. The molecule has 4 aromatic rings. The van der Waals surface area contributed by atoms with Crippen molar-refractivity contribution in [3.63, 3.8) is 0 Å². The van der Waals surface area contributed by atoms with E-state index in [1.807, 2.05) is 18.2 Å². The quantitative estimate of drug-likeness (QED) is 0.472. The minimum Gasteiger partial charge on any atom is -0.462 e. The highest BCUT2D eigenvalue weighted by Crippen LogP contribution is 2.34. The first-order valence-electron chi connectivity index (χ1n) is 7.07. The van der Waals surface area contributed by atoms with Gasteiger partial charge in [0, 0.05) is 16.3 Å². The molecule has 0 radical (unpaired) electrons. The van der Waals surface area contributed by atoms with E-state index in [2.05, 4.69) is 44.2 Å². The van der Waals surface area contributed by atoms with Gasteiger partial charge in [0.05, 0.1) is 11.8 Å². The summed E-state index contributed by atoms with van der Waals surface area (Å²) in [4.78, 5) is 4.84. The van der Waals surface area contributed by atoms with Crippen molar-refractivity contribution in [1.29, 1.82) is 0 Å². The average molecular weight is 273 g/mol. The van der Waals surface area contributed by atoms with Crippen molar-refractivity contribution in [3.05, 3.63) is 65.9 Å². The smallest absolute Gasteiger partial charge is 0.160 e. The van der Waals surface area contributed by atoms with Gasteiger partial charge in [0.15, 0.2) is 5.58 Å². The fraction of sp³-hybridized carbons (Fsp3) is 0.105. The van der Waals surface area contributed by atoms with Gasteiger partial charge in [0.2, 0.25) is 0 Å². The van der Waals surface area contributed by atoms with Crippen molar-refractivity contribution < 1.29 is 4.42 Å². The number of hydrogen-bond acceptors (Lipinski definition) is 2. The van der Waals surface area contributed by atoms with E-state index in [1.54, 1.807) is 6.26 Å². The van der Waals surface area contributed by atoms with E-state index in [1.165, 1.54) is 11.1 Å². The topological polar surface area (TPSA) is 26.0 Å². The monoisotopic (exact) mass is 273 g/mol. The number of aryl methyl sites for hydroxylation is 2. The lowest BCUT2D eigenvalue weighted by atomic mass is 10.0. The van der Waals surface area contributed by atoms with Crippen LogP contribution in [0.2, 0.25) is 0 Å². The van der Waals surface area contributed by atoms with Crippen LogP contribution < -0.4 is 0 Å². The van der Waals surface area contributed by atoms with Gasteiger partial charge in [-0.3, -0.25) is 0 Å². The number of furan rings is 1. The number of benzene rings is 2. The number of pyridine rings is 1. The van der Waals surface area contributed by atoms with Gasteiger partial charge >= 0.3 is 0 Å². The van der Waals surface area contributed by atoms with Crippen LogP contribution in [0.1, 0.15) is 11.1 Å². The van der Waals surface area contributed by atoms with E-state index >= 15 is 0 Å². The first-order valence-corrected chi connectivity index (χ1v) is 7.07. The third-order valence-electron chi connectivity index (χ3n) is 3.94. The lowest BCUT2D eigenvalue weighted by molar-refractivity contribution is 0.616. The molecular weight excluding hydrogens is 258 g/mol. The molecule has 0 saturated heterocycles. The molecule has 102 valence electrons. The van der Waals surface area contributed by atoms with E-state index in [4.69, 9.17) is 9.40 Å². The average Bonchev–Trinajstić information content (AvgIpc) is 2.96. The lowest BCUT2D eigenvalue weighted by Gasteiger charge is -2.09. The molecule has 0 fully saturated rings. The van der Waals surface area contributed by atoms with Crippen LogP contribution in [-0.4, -0.2) is 4.98 Å². The van der Waals surface area contributed by atoms with Crippen LogP contribution in [0.15, 0.2) is 59.2 Å². The Kier molecular flexibility index (Phi) is 2.58. The Morgan fingerprint density at radius 2 is 1.76 bits per heavy atom. The van der Waals surface area contributed by atoms with Crippen LogP contribution in [0.3, 0.4) is 0 Å². The van der Waals surface area contributed by atoms with Gasteiger partial charge in [-0.15, -0.1) is 0 Å². The first kappa shape index (κ1) is 12.2. The fourth-order valence-electron chi connectivity index (χ4n) is 2.94. The zero-order valence-corrected chi connectivity index (χ0v) is 12.1.